The number of hydrogen-bond donors (Lipinski definition) is 2. The first-order valence-corrected chi connectivity index (χ1v) is 7.79. The van der Waals surface area contributed by atoms with Crippen LogP contribution in [-0.4, -0.2) is 22.2 Å². The fourth-order valence-electron chi connectivity index (χ4n) is 2.57. The Morgan fingerprint density at radius 2 is 2.06 bits per heavy atom. The summed E-state index contributed by atoms with van der Waals surface area (Å²) >= 11 is 1.73. The molecule has 3 nitrogen and oxygen atoms in total. The molecule has 102 valence electrons. The zero-order valence-electron chi connectivity index (χ0n) is 11.4. The van der Waals surface area contributed by atoms with E-state index in [0.717, 1.165) is 30.7 Å². The highest BCUT2D eigenvalue weighted by Gasteiger charge is 2.28. The molecule has 0 amide bonds. The van der Waals surface area contributed by atoms with Crippen LogP contribution in [0.2, 0.25) is 0 Å². The van der Waals surface area contributed by atoms with Gasteiger partial charge in [-0.05, 0) is 26.7 Å². The molecule has 0 radical (unpaired) electrons. The van der Waals surface area contributed by atoms with E-state index < -0.39 is 5.60 Å². The van der Waals surface area contributed by atoms with Crippen LogP contribution in [0.5, 0.6) is 0 Å². The lowest BCUT2D eigenvalue weighted by Gasteiger charge is -2.28. The van der Waals surface area contributed by atoms with Gasteiger partial charge in [0.1, 0.15) is 5.01 Å². The molecule has 2 N–H and O–H groups in total. The van der Waals surface area contributed by atoms with Gasteiger partial charge >= 0.3 is 0 Å². The van der Waals surface area contributed by atoms with E-state index in [1.54, 1.807) is 11.3 Å². The lowest BCUT2D eigenvalue weighted by Crippen LogP contribution is -2.41. The molecule has 18 heavy (non-hydrogen) atoms. The number of aromatic nitrogens is 1. The SMILES string of the molecule is Cc1cnc(C(C)NCC2(O)CCCCCC2)s1. The van der Waals surface area contributed by atoms with Crippen molar-refractivity contribution < 1.29 is 5.11 Å². The minimum Gasteiger partial charge on any atom is -0.389 e. The summed E-state index contributed by atoms with van der Waals surface area (Å²) < 4.78 is 0. The Kier molecular flexibility index (Phi) is 4.76. The van der Waals surface area contributed by atoms with Crippen molar-refractivity contribution >= 4 is 11.3 Å². The molecule has 1 aliphatic carbocycles. The molecule has 0 bridgehead atoms. The third-order valence-electron chi connectivity index (χ3n) is 3.78. The van der Waals surface area contributed by atoms with Crippen LogP contribution in [0, 0.1) is 6.92 Å². The molecule has 1 saturated carbocycles. The van der Waals surface area contributed by atoms with Crippen LogP contribution in [0.25, 0.3) is 0 Å². The first-order valence-electron chi connectivity index (χ1n) is 6.97. The van der Waals surface area contributed by atoms with Gasteiger partial charge < -0.3 is 10.4 Å². The summed E-state index contributed by atoms with van der Waals surface area (Å²) in [5.74, 6) is 0. The summed E-state index contributed by atoms with van der Waals surface area (Å²) in [6, 6.07) is 0.232. The molecule has 0 aliphatic heterocycles. The minimum absolute atomic E-state index is 0.232. The van der Waals surface area contributed by atoms with Crippen molar-refractivity contribution in [3.8, 4) is 0 Å². The fraction of sp³-hybridized carbons (Fsp3) is 0.786. The second kappa shape index (κ2) is 6.13. The summed E-state index contributed by atoms with van der Waals surface area (Å²) in [5, 5.41) is 15.1. The zero-order chi connectivity index (χ0) is 13.0. The predicted octanol–water partition coefficient (Wildman–Crippen LogP) is 3.19. The molecule has 0 spiro atoms. The Hall–Kier alpha value is -0.450. The molecule has 0 aromatic carbocycles. The summed E-state index contributed by atoms with van der Waals surface area (Å²) in [7, 11) is 0. The quantitative estimate of drug-likeness (QED) is 0.824. The third kappa shape index (κ3) is 3.77. The number of hydrogen-bond acceptors (Lipinski definition) is 4. The molecular weight excluding hydrogens is 244 g/mol. The van der Waals surface area contributed by atoms with Crippen LogP contribution >= 0.6 is 11.3 Å². The number of nitrogens with zero attached hydrogens (tertiary/aromatic N) is 1. The van der Waals surface area contributed by atoms with Gasteiger partial charge in [0, 0.05) is 17.6 Å². The number of rotatable bonds is 4. The van der Waals surface area contributed by atoms with Crippen molar-refractivity contribution in [2.24, 2.45) is 0 Å². The van der Waals surface area contributed by atoms with Crippen molar-refractivity contribution in [3.63, 3.8) is 0 Å². The lowest BCUT2D eigenvalue weighted by molar-refractivity contribution is 0.0231. The standard InChI is InChI=1S/C14H24N2OS/c1-11-9-15-13(18-11)12(2)16-10-14(17)7-5-3-4-6-8-14/h9,12,16-17H,3-8,10H2,1-2H3. The topological polar surface area (TPSA) is 45.2 Å². The fourth-order valence-corrected chi connectivity index (χ4v) is 3.37. The molecule has 1 heterocycles. The molecule has 4 heteroatoms. The van der Waals surface area contributed by atoms with Gasteiger partial charge in [0.15, 0.2) is 0 Å². The van der Waals surface area contributed by atoms with Gasteiger partial charge in [-0.3, -0.25) is 0 Å². The Bertz CT molecular complexity index is 370. The van der Waals surface area contributed by atoms with E-state index >= 15 is 0 Å². The second-order valence-corrected chi connectivity index (χ2v) is 6.82. The molecule has 1 fully saturated rings. The van der Waals surface area contributed by atoms with Crippen molar-refractivity contribution in [1.29, 1.82) is 0 Å². The molecule has 1 aromatic heterocycles. The summed E-state index contributed by atoms with van der Waals surface area (Å²) in [6.07, 6.45) is 8.63. The molecule has 1 unspecified atom stereocenters. The number of aliphatic hydroxyl groups is 1. The number of aryl methyl sites for hydroxylation is 1. The van der Waals surface area contributed by atoms with Crippen LogP contribution in [0.1, 0.15) is 61.4 Å². The monoisotopic (exact) mass is 268 g/mol. The van der Waals surface area contributed by atoms with Crippen molar-refractivity contribution in [3.05, 3.63) is 16.1 Å². The average Bonchev–Trinajstić information content (AvgIpc) is 2.66. The van der Waals surface area contributed by atoms with Gasteiger partial charge in [-0.1, -0.05) is 25.7 Å². The Morgan fingerprint density at radius 3 is 2.61 bits per heavy atom. The maximum absolute atomic E-state index is 10.6. The highest BCUT2D eigenvalue weighted by atomic mass is 32.1. The van der Waals surface area contributed by atoms with E-state index in [-0.39, 0.29) is 6.04 Å². The normalized spacial score (nSPS) is 21.5. The van der Waals surface area contributed by atoms with Gasteiger partial charge in [-0.2, -0.15) is 0 Å². The van der Waals surface area contributed by atoms with Gasteiger partial charge in [0.05, 0.1) is 11.6 Å². The highest BCUT2D eigenvalue weighted by Crippen LogP contribution is 2.27. The highest BCUT2D eigenvalue weighted by molar-refractivity contribution is 7.11. The summed E-state index contributed by atoms with van der Waals surface area (Å²) in [5.41, 5.74) is -0.503. The number of nitrogens with one attached hydrogen (secondary N) is 1. The third-order valence-corrected chi connectivity index (χ3v) is 4.88. The zero-order valence-corrected chi connectivity index (χ0v) is 12.2. The lowest BCUT2D eigenvalue weighted by atomic mass is 9.94. The molecule has 1 atom stereocenters. The Labute approximate surface area is 114 Å². The van der Waals surface area contributed by atoms with Gasteiger partial charge in [-0.15, -0.1) is 11.3 Å². The maximum Gasteiger partial charge on any atom is 0.109 e. The average molecular weight is 268 g/mol. The van der Waals surface area contributed by atoms with Gasteiger partial charge in [0.25, 0.3) is 0 Å². The van der Waals surface area contributed by atoms with E-state index in [1.807, 2.05) is 6.20 Å². The van der Waals surface area contributed by atoms with E-state index in [4.69, 9.17) is 0 Å². The van der Waals surface area contributed by atoms with E-state index in [2.05, 4.69) is 24.1 Å². The molecule has 1 aromatic rings. The molecule has 2 rings (SSSR count). The van der Waals surface area contributed by atoms with Crippen LogP contribution in [0.4, 0.5) is 0 Å². The van der Waals surface area contributed by atoms with Crippen LogP contribution < -0.4 is 5.32 Å². The van der Waals surface area contributed by atoms with Crippen LogP contribution in [-0.2, 0) is 0 Å². The first-order chi connectivity index (χ1) is 8.59. The molecule has 0 saturated heterocycles. The largest absolute Gasteiger partial charge is 0.389 e. The minimum atomic E-state index is -0.503. The van der Waals surface area contributed by atoms with Crippen LogP contribution in [0.3, 0.4) is 0 Å². The second-order valence-electron chi connectivity index (χ2n) is 5.55. The van der Waals surface area contributed by atoms with E-state index in [0.29, 0.717) is 6.54 Å². The molecule has 1 aliphatic rings. The van der Waals surface area contributed by atoms with Gasteiger partial charge in [-0.25, -0.2) is 4.98 Å². The van der Waals surface area contributed by atoms with Crippen molar-refractivity contribution in [1.82, 2.24) is 10.3 Å². The Morgan fingerprint density at radius 1 is 1.39 bits per heavy atom. The van der Waals surface area contributed by atoms with E-state index in [9.17, 15) is 5.11 Å². The van der Waals surface area contributed by atoms with Gasteiger partial charge in [0.2, 0.25) is 0 Å². The summed E-state index contributed by atoms with van der Waals surface area (Å²) in [4.78, 5) is 5.64. The van der Waals surface area contributed by atoms with Crippen molar-refractivity contribution in [2.75, 3.05) is 6.54 Å². The van der Waals surface area contributed by atoms with Crippen molar-refractivity contribution in [2.45, 2.75) is 64.0 Å². The van der Waals surface area contributed by atoms with Crippen LogP contribution in [0.15, 0.2) is 6.20 Å². The Balaban J connectivity index is 1.86. The number of thiazole rings is 1. The first kappa shape index (κ1) is 14.0. The molecular formula is C14H24N2OS. The summed E-state index contributed by atoms with van der Waals surface area (Å²) in [6.45, 7) is 4.89. The smallest absolute Gasteiger partial charge is 0.109 e. The predicted molar refractivity (Wildman–Crippen MR) is 75.9 cm³/mol. The maximum atomic E-state index is 10.6. The van der Waals surface area contributed by atoms with E-state index in [1.165, 1.54) is 17.7 Å².